The van der Waals surface area contributed by atoms with Gasteiger partial charge in [0.25, 0.3) is 0 Å². The molecule has 0 bridgehead atoms. The van der Waals surface area contributed by atoms with Crippen LogP contribution in [0.2, 0.25) is 0 Å². The molecule has 0 spiro atoms. The summed E-state index contributed by atoms with van der Waals surface area (Å²) in [5.41, 5.74) is 0. The van der Waals surface area contributed by atoms with Gasteiger partial charge in [0, 0.05) is 19.1 Å². The van der Waals surface area contributed by atoms with Crippen LogP contribution in [0.5, 0.6) is 0 Å². The average molecular weight is 155 g/mol. The van der Waals surface area contributed by atoms with Crippen molar-refractivity contribution in [3.05, 3.63) is 0 Å². The predicted octanol–water partition coefficient (Wildman–Crippen LogP) is 0.0485. The van der Waals surface area contributed by atoms with E-state index in [0.717, 1.165) is 32.0 Å². The normalized spacial score (nSPS) is 33.6. The van der Waals surface area contributed by atoms with E-state index in [1.807, 2.05) is 0 Å². The van der Waals surface area contributed by atoms with Crippen molar-refractivity contribution in [3.63, 3.8) is 0 Å². The zero-order chi connectivity index (χ0) is 7.68. The summed E-state index contributed by atoms with van der Waals surface area (Å²) in [5, 5.41) is 0. The zero-order valence-corrected chi connectivity index (χ0v) is 6.53. The monoisotopic (exact) mass is 155 g/mol. The van der Waals surface area contributed by atoms with Crippen molar-refractivity contribution in [1.82, 2.24) is 4.90 Å². The first-order valence-corrected chi connectivity index (χ1v) is 4.21. The highest BCUT2D eigenvalue weighted by molar-refractivity contribution is 5.56. The topological polar surface area (TPSA) is 29.5 Å². The van der Waals surface area contributed by atoms with Crippen LogP contribution in [0.3, 0.4) is 0 Å². The van der Waals surface area contributed by atoms with E-state index in [4.69, 9.17) is 4.74 Å². The van der Waals surface area contributed by atoms with Gasteiger partial charge in [0.2, 0.25) is 0 Å². The Morgan fingerprint density at radius 1 is 1.45 bits per heavy atom. The van der Waals surface area contributed by atoms with Crippen molar-refractivity contribution in [1.29, 1.82) is 0 Å². The number of morpholine rings is 1. The lowest BCUT2D eigenvalue weighted by Crippen LogP contribution is -2.44. The second kappa shape index (κ2) is 2.91. The quantitative estimate of drug-likeness (QED) is 0.528. The van der Waals surface area contributed by atoms with Crippen molar-refractivity contribution in [2.75, 3.05) is 19.7 Å². The number of rotatable bonds is 2. The zero-order valence-electron chi connectivity index (χ0n) is 6.53. The molecule has 0 aromatic heterocycles. The van der Waals surface area contributed by atoms with Gasteiger partial charge in [-0.15, -0.1) is 0 Å². The van der Waals surface area contributed by atoms with Crippen molar-refractivity contribution >= 4 is 6.29 Å². The summed E-state index contributed by atoms with van der Waals surface area (Å²) in [6.45, 7) is 2.54. The predicted molar refractivity (Wildman–Crippen MR) is 40.4 cm³/mol. The van der Waals surface area contributed by atoms with Crippen LogP contribution in [0.1, 0.15) is 12.8 Å². The Morgan fingerprint density at radius 3 is 2.91 bits per heavy atom. The third kappa shape index (κ3) is 1.60. The lowest BCUT2D eigenvalue weighted by atomic mass is 10.3. The van der Waals surface area contributed by atoms with Crippen LogP contribution in [0.15, 0.2) is 0 Å². The maximum atomic E-state index is 10.4. The van der Waals surface area contributed by atoms with Crippen LogP contribution >= 0.6 is 0 Å². The Morgan fingerprint density at radius 2 is 2.27 bits per heavy atom. The SMILES string of the molecule is O=CC1CN(C2CC2)CCO1. The second-order valence-corrected chi connectivity index (χ2v) is 3.27. The minimum Gasteiger partial charge on any atom is -0.368 e. The molecule has 1 unspecified atom stereocenters. The molecule has 0 radical (unpaired) electrons. The summed E-state index contributed by atoms with van der Waals surface area (Å²) in [7, 11) is 0. The first kappa shape index (κ1) is 7.25. The Hall–Kier alpha value is -0.410. The Labute approximate surface area is 66.3 Å². The highest BCUT2D eigenvalue weighted by Crippen LogP contribution is 2.27. The van der Waals surface area contributed by atoms with Crippen LogP contribution in [-0.4, -0.2) is 43.0 Å². The highest BCUT2D eigenvalue weighted by Gasteiger charge is 2.32. The minimum atomic E-state index is -0.163. The molecule has 11 heavy (non-hydrogen) atoms. The van der Waals surface area contributed by atoms with Gasteiger partial charge in [-0.2, -0.15) is 0 Å². The number of nitrogens with zero attached hydrogens (tertiary/aromatic N) is 1. The minimum absolute atomic E-state index is 0.163. The Kier molecular flexibility index (Phi) is 1.92. The molecule has 0 N–H and O–H groups in total. The first-order chi connectivity index (χ1) is 5.40. The molecule has 1 saturated heterocycles. The smallest absolute Gasteiger partial charge is 0.150 e. The highest BCUT2D eigenvalue weighted by atomic mass is 16.5. The fourth-order valence-electron chi connectivity index (χ4n) is 1.55. The van der Waals surface area contributed by atoms with E-state index in [-0.39, 0.29) is 6.10 Å². The summed E-state index contributed by atoms with van der Waals surface area (Å²) < 4.78 is 5.23. The molecule has 0 amide bonds. The fourth-order valence-corrected chi connectivity index (χ4v) is 1.55. The third-order valence-corrected chi connectivity index (χ3v) is 2.34. The van der Waals surface area contributed by atoms with E-state index in [2.05, 4.69) is 4.90 Å². The lowest BCUT2D eigenvalue weighted by Gasteiger charge is -2.30. The van der Waals surface area contributed by atoms with Gasteiger partial charge in [0.15, 0.2) is 0 Å². The Balaban J connectivity index is 1.86. The van der Waals surface area contributed by atoms with Gasteiger partial charge < -0.3 is 9.53 Å². The van der Waals surface area contributed by atoms with Gasteiger partial charge >= 0.3 is 0 Å². The molecule has 1 aliphatic heterocycles. The number of hydrogen-bond donors (Lipinski definition) is 0. The van der Waals surface area contributed by atoms with E-state index in [0.29, 0.717) is 0 Å². The summed E-state index contributed by atoms with van der Waals surface area (Å²) in [6.07, 6.45) is 3.37. The van der Waals surface area contributed by atoms with E-state index < -0.39 is 0 Å². The van der Waals surface area contributed by atoms with Crippen LogP contribution in [-0.2, 0) is 9.53 Å². The number of ether oxygens (including phenoxy) is 1. The second-order valence-electron chi connectivity index (χ2n) is 3.27. The molecule has 0 aromatic carbocycles. The molecule has 2 aliphatic rings. The number of carbonyl (C=O) groups is 1. The van der Waals surface area contributed by atoms with Gasteiger partial charge in [-0.1, -0.05) is 0 Å². The summed E-state index contributed by atoms with van der Waals surface area (Å²) in [6, 6.07) is 0.765. The van der Waals surface area contributed by atoms with Crippen LogP contribution in [0, 0.1) is 0 Å². The Bertz CT molecular complexity index is 156. The number of aldehydes is 1. The summed E-state index contributed by atoms with van der Waals surface area (Å²) in [5.74, 6) is 0. The summed E-state index contributed by atoms with van der Waals surface area (Å²) >= 11 is 0. The molecule has 1 saturated carbocycles. The molecular formula is C8H13NO2. The van der Waals surface area contributed by atoms with E-state index in [1.165, 1.54) is 12.8 Å². The average Bonchev–Trinajstić information content (AvgIpc) is 2.87. The van der Waals surface area contributed by atoms with Crippen LogP contribution in [0.4, 0.5) is 0 Å². The van der Waals surface area contributed by atoms with Gasteiger partial charge in [0.1, 0.15) is 12.4 Å². The molecule has 0 aromatic rings. The molecule has 2 rings (SSSR count). The first-order valence-electron chi connectivity index (χ1n) is 4.21. The molecule has 1 atom stereocenters. The van der Waals surface area contributed by atoms with Crippen LogP contribution in [0.25, 0.3) is 0 Å². The molecular weight excluding hydrogens is 142 g/mol. The summed E-state index contributed by atoms with van der Waals surface area (Å²) in [4.78, 5) is 12.8. The standard InChI is InChI=1S/C8H13NO2/c10-6-8-5-9(3-4-11-8)7-1-2-7/h6-8H,1-5H2. The molecule has 3 heteroatoms. The van der Waals surface area contributed by atoms with Crippen molar-refractivity contribution in [2.24, 2.45) is 0 Å². The largest absolute Gasteiger partial charge is 0.368 e. The van der Waals surface area contributed by atoms with E-state index in [9.17, 15) is 4.79 Å². The van der Waals surface area contributed by atoms with Crippen molar-refractivity contribution in [3.8, 4) is 0 Å². The molecule has 1 aliphatic carbocycles. The van der Waals surface area contributed by atoms with Crippen molar-refractivity contribution in [2.45, 2.75) is 25.0 Å². The van der Waals surface area contributed by atoms with Gasteiger partial charge in [-0.3, -0.25) is 4.90 Å². The van der Waals surface area contributed by atoms with E-state index >= 15 is 0 Å². The molecule has 62 valence electrons. The fraction of sp³-hybridized carbons (Fsp3) is 0.875. The van der Waals surface area contributed by atoms with Gasteiger partial charge in [-0.25, -0.2) is 0 Å². The van der Waals surface area contributed by atoms with Gasteiger partial charge in [-0.05, 0) is 12.8 Å². The van der Waals surface area contributed by atoms with Crippen molar-refractivity contribution < 1.29 is 9.53 Å². The number of hydrogen-bond acceptors (Lipinski definition) is 3. The van der Waals surface area contributed by atoms with Crippen LogP contribution < -0.4 is 0 Å². The van der Waals surface area contributed by atoms with Gasteiger partial charge in [0.05, 0.1) is 6.61 Å². The maximum Gasteiger partial charge on any atom is 0.150 e. The third-order valence-electron chi connectivity index (χ3n) is 2.34. The molecule has 1 heterocycles. The molecule has 3 nitrogen and oxygen atoms in total. The van der Waals surface area contributed by atoms with E-state index in [1.54, 1.807) is 0 Å². The molecule has 2 fully saturated rings. The number of carbonyl (C=O) groups excluding carboxylic acids is 1. The lowest BCUT2D eigenvalue weighted by molar-refractivity contribution is -0.123. The maximum absolute atomic E-state index is 10.4.